The van der Waals surface area contributed by atoms with Gasteiger partial charge in [0.2, 0.25) is 0 Å². The van der Waals surface area contributed by atoms with E-state index in [-0.39, 0.29) is 5.91 Å². The minimum Gasteiger partial charge on any atom is -0.270 e. The van der Waals surface area contributed by atoms with E-state index in [1.54, 1.807) is 17.0 Å². The van der Waals surface area contributed by atoms with Gasteiger partial charge in [-0.2, -0.15) is 0 Å². The van der Waals surface area contributed by atoms with Crippen molar-refractivity contribution in [3.63, 3.8) is 0 Å². The Hall–Kier alpha value is -1.90. The number of hydrogen-bond acceptors (Lipinski definition) is 2. The van der Waals surface area contributed by atoms with E-state index in [1.165, 1.54) is 0 Å². The van der Waals surface area contributed by atoms with Crippen LogP contribution >= 0.6 is 0 Å². The van der Waals surface area contributed by atoms with Crippen molar-refractivity contribution in [3.8, 4) is 0 Å². The maximum atomic E-state index is 12.2. The predicted molar refractivity (Wildman–Crippen MR) is 62.5 cm³/mol. The van der Waals surface area contributed by atoms with Crippen molar-refractivity contribution in [1.29, 1.82) is 0 Å². The lowest BCUT2D eigenvalue weighted by Gasteiger charge is -2.05. The number of rotatable bonds is 2. The van der Waals surface area contributed by atoms with Gasteiger partial charge in [-0.15, -0.1) is 0 Å². The van der Waals surface area contributed by atoms with Gasteiger partial charge in [0.05, 0.1) is 0 Å². The number of carbonyl (C=O) groups excluding carboxylic acids is 1. The van der Waals surface area contributed by atoms with Gasteiger partial charge >= 0.3 is 0 Å². The van der Waals surface area contributed by atoms with Crippen LogP contribution in [-0.4, -0.2) is 15.5 Å². The number of hydrogen-bond donors (Lipinski definition) is 0. The summed E-state index contributed by atoms with van der Waals surface area (Å²) >= 11 is 0. The van der Waals surface area contributed by atoms with Crippen LogP contribution in [0.3, 0.4) is 0 Å². The van der Waals surface area contributed by atoms with Crippen LogP contribution in [-0.2, 0) is 6.42 Å². The molecule has 2 aromatic rings. The third-order valence-corrected chi connectivity index (χ3v) is 2.52. The molecule has 16 heavy (non-hydrogen) atoms. The highest BCUT2D eigenvalue weighted by Crippen LogP contribution is 2.08. The largest absolute Gasteiger partial charge is 0.270 e. The van der Waals surface area contributed by atoms with Crippen LogP contribution in [0.15, 0.2) is 36.7 Å². The number of imidazole rings is 1. The number of carbonyl (C=O) groups is 1. The molecule has 0 aliphatic rings. The van der Waals surface area contributed by atoms with Gasteiger partial charge in [-0.25, -0.2) is 4.98 Å². The summed E-state index contributed by atoms with van der Waals surface area (Å²) in [5, 5.41) is 0. The smallest absolute Gasteiger partial charge is 0.263 e. The lowest BCUT2D eigenvalue weighted by molar-refractivity contribution is 0.0956. The summed E-state index contributed by atoms with van der Waals surface area (Å²) in [6, 6.07) is 7.59. The average Bonchev–Trinajstić information content (AvgIpc) is 2.76. The van der Waals surface area contributed by atoms with E-state index in [4.69, 9.17) is 0 Å². The van der Waals surface area contributed by atoms with Gasteiger partial charge in [0.1, 0.15) is 5.82 Å². The summed E-state index contributed by atoms with van der Waals surface area (Å²) in [7, 11) is 0. The zero-order chi connectivity index (χ0) is 11.5. The van der Waals surface area contributed by atoms with E-state index < -0.39 is 0 Å². The Morgan fingerprint density at radius 1 is 1.44 bits per heavy atom. The molecule has 82 valence electrons. The van der Waals surface area contributed by atoms with Gasteiger partial charge < -0.3 is 0 Å². The monoisotopic (exact) mass is 214 g/mol. The Labute approximate surface area is 94.7 Å². The van der Waals surface area contributed by atoms with E-state index >= 15 is 0 Å². The van der Waals surface area contributed by atoms with Crippen LogP contribution in [0.5, 0.6) is 0 Å². The molecule has 0 amide bonds. The first kappa shape index (κ1) is 10.6. The van der Waals surface area contributed by atoms with E-state index in [0.717, 1.165) is 17.8 Å². The van der Waals surface area contributed by atoms with Crippen LogP contribution in [0.2, 0.25) is 0 Å². The zero-order valence-electron chi connectivity index (χ0n) is 9.47. The third-order valence-electron chi connectivity index (χ3n) is 2.52. The minimum atomic E-state index is -0.0157. The van der Waals surface area contributed by atoms with E-state index in [9.17, 15) is 4.79 Å². The number of benzene rings is 1. The van der Waals surface area contributed by atoms with Crippen LogP contribution in [0.25, 0.3) is 0 Å². The Morgan fingerprint density at radius 3 is 2.94 bits per heavy atom. The molecule has 0 aliphatic carbocycles. The molecule has 0 spiro atoms. The van der Waals surface area contributed by atoms with Gasteiger partial charge in [-0.05, 0) is 19.1 Å². The molecular formula is C13H14N2O. The fourth-order valence-corrected chi connectivity index (χ4v) is 1.70. The third kappa shape index (κ3) is 1.89. The Balaban J connectivity index is 2.39. The number of aryl methyl sites for hydroxylation is 2. The summed E-state index contributed by atoms with van der Waals surface area (Å²) < 4.78 is 1.61. The molecule has 0 unspecified atom stereocenters. The van der Waals surface area contributed by atoms with E-state index in [2.05, 4.69) is 4.98 Å². The fourth-order valence-electron chi connectivity index (χ4n) is 1.70. The second-order valence-corrected chi connectivity index (χ2v) is 3.74. The highest BCUT2D eigenvalue weighted by atomic mass is 16.2. The molecule has 2 rings (SSSR count). The first-order valence-electron chi connectivity index (χ1n) is 5.36. The molecule has 3 nitrogen and oxygen atoms in total. The van der Waals surface area contributed by atoms with Gasteiger partial charge in [0.15, 0.2) is 0 Å². The van der Waals surface area contributed by atoms with Crippen molar-refractivity contribution in [2.75, 3.05) is 0 Å². The zero-order valence-corrected chi connectivity index (χ0v) is 9.47. The summed E-state index contributed by atoms with van der Waals surface area (Å²) in [6.07, 6.45) is 4.13. The molecule has 0 aliphatic heterocycles. The molecule has 1 aromatic heterocycles. The standard InChI is InChI=1S/C13H14N2O/c1-3-12-14-7-8-15(12)13(16)11-6-4-5-10(2)9-11/h4-9H,3H2,1-2H3. The van der Waals surface area contributed by atoms with Gasteiger partial charge in [0.25, 0.3) is 5.91 Å². The van der Waals surface area contributed by atoms with Crippen molar-refractivity contribution in [3.05, 3.63) is 53.6 Å². The number of nitrogens with zero attached hydrogens (tertiary/aromatic N) is 2. The molecule has 0 bridgehead atoms. The van der Waals surface area contributed by atoms with Crippen molar-refractivity contribution >= 4 is 5.91 Å². The number of aromatic nitrogens is 2. The first-order chi connectivity index (χ1) is 7.72. The summed E-state index contributed by atoms with van der Waals surface area (Å²) in [5.41, 5.74) is 1.79. The van der Waals surface area contributed by atoms with E-state index in [0.29, 0.717) is 5.56 Å². The maximum Gasteiger partial charge on any atom is 0.263 e. The topological polar surface area (TPSA) is 34.9 Å². The molecule has 0 atom stereocenters. The summed E-state index contributed by atoms with van der Waals surface area (Å²) in [4.78, 5) is 16.3. The Kier molecular flexibility index (Phi) is 2.86. The summed E-state index contributed by atoms with van der Waals surface area (Å²) in [5.74, 6) is 0.782. The van der Waals surface area contributed by atoms with Crippen LogP contribution in [0, 0.1) is 6.92 Å². The fraction of sp³-hybridized carbons (Fsp3) is 0.231. The van der Waals surface area contributed by atoms with Crippen molar-refractivity contribution in [2.45, 2.75) is 20.3 Å². The highest BCUT2D eigenvalue weighted by Gasteiger charge is 2.11. The van der Waals surface area contributed by atoms with E-state index in [1.807, 2.05) is 38.1 Å². The molecule has 1 aromatic carbocycles. The van der Waals surface area contributed by atoms with Crippen molar-refractivity contribution in [2.24, 2.45) is 0 Å². The average molecular weight is 214 g/mol. The van der Waals surface area contributed by atoms with Crippen LogP contribution in [0.4, 0.5) is 0 Å². The molecule has 0 fully saturated rings. The molecular weight excluding hydrogens is 200 g/mol. The molecule has 0 N–H and O–H groups in total. The Morgan fingerprint density at radius 2 is 2.25 bits per heavy atom. The molecule has 3 heteroatoms. The molecule has 0 saturated heterocycles. The predicted octanol–water partition coefficient (Wildman–Crippen LogP) is 2.44. The normalized spacial score (nSPS) is 10.4. The molecule has 0 saturated carbocycles. The SMILES string of the molecule is CCc1nccn1C(=O)c1cccc(C)c1. The lowest BCUT2D eigenvalue weighted by atomic mass is 10.1. The van der Waals surface area contributed by atoms with Gasteiger partial charge in [0, 0.05) is 24.4 Å². The van der Waals surface area contributed by atoms with Crippen LogP contribution < -0.4 is 0 Å². The van der Waals surface area contributed by atoms with Gasteiger partial charge in [-0.1, -0.05) is 24.6 Å². The second kappa shape index (κ2) is 4.31. The summed E-state index contributed by atoms with van der Waals surface area (Å²) in [6.45, 7) is 3.97. The Bertz CT molecular complexity index is 514. The maximum absolute atomic E-state index is 12.2. The minimum absolute atomic E-state index is 0.0157. The second-order valence-electron chi connectivity index (χ2n) is 3.74. The van der Waals surface area contributed by atoms with Crippen molar-refractivity contribution < 1.29 is 4.79 Å². The van der Waals surface area contributed by atoms with Crippen LogP contribution in [0.1, 0.15) is 28.7 Å². The molecule has 1 heterocycles. The highest BCUT2D eigenvalue weighted by molar-refractivity contribution is 5.96. The first-order valence-corrected chi connectivity index (χ1v) is 5.36. The lowest BCUT2D eigenvalue weighted by Crippen LogP contribution is -2.14. The quantitative estimate of drug-likeness (QED) is 0.769. The van der Waals surface area contributed by atoms with Gasteiger partial charge in [-0.3, -0.25) is 9.36 Å². The van der Waals surface area contributed by atoms with Crippen molar-refractivity contribution in [1.82, 2.24) is 9.55 Å². The molecule has 0 radical (unpaired) electrons.